The van der Waals surface area contributed by atoms with Gasteiger partial charge in [-0.25, -0.2) is 4.98 Å². The summed E-state index contributed by atoms with van der Waals surface area (Å²) in [6.45, 7) is 0. The highest BCUT2D eigenvalue weighted by Crippen LogP contribution is 2.55. The van der Waals surface area contributed by atoms with Gasteiger partial charge in [-0.15, -0.1) is 13.2 Å². The number of imidazole rings is 1. The molecule has 1 aliphatic carbocycles. The Kier molecular flexibility index (Phi) is 3.61. The zero-order chi connectivity index (χ0) is 17.8. The maximum Gasteiger partial charge on any atom is 0.573 e. The van der Waals surface area contributed by atoms with Crippen molar-refractivity contribution in [2.24, 2.45) is 0 Å². The molecule has 0 bridgehead atoms. The van der Waals surface area contributed by atoms with Crippen LogP contribution in [0.15, 0.2) is 36.5 Å². The number of rotatable bonds is 3. The molecule has 2 heterocycles. The van der Waals surface area contributed by atoms with E-state index in [1.54, 1.807) is 18.2 Å². The average Bonchev–Trinajstić information content (AvgIpc) is 3.24. The number of alkyl halides is 3. The van der Waals surface area contributed by atoms with Crippen LogP contribution in [0.3, 0.4) is 0 Å². The zero-order valence-corrected chi connectivity index (χ0v) is 13.2. The number of nitrogens with zero attached hydrogens (tertiary/aromatic N) is 3. The first-order valence-electron chi connectivity index (χ1n) is 7.37. The fraction of sp³-hybridized carbons (Fsp3) is 0.250. The van der Waals surface area contributed by atoms with E-state index in [4.69, 9.17) is 11.6 Å². The van der Waals surface area contributed by atoms with E-state index in [-0.39, 0.29) is 22.7 Å². The van der Waals surface area contributed by atoms with Crippen LogP contribution in [-0.2, 0) is 0 Å². The highest BCUT2D eigenvalue weighted by molar-refractivity contribution is 6.29. The van der Waals surface area contributed by atoms with Gasteiger partial charge in [0.15, 0.2) is 10.8 Å². The topological polar surface area (TPSA) is 39.4 Å². The fourth-order valence-corrected chi connectivity index (χ4v) is 3.22. The minimum absolute atomic E-state index is 0.0548. The molecule has 2 aromatic heterocycles. The molecule has 9 heteroatoms. The molecule has 0 aliphatic heterocycles. The summed E-state index contributed by atoms with van der Waals surface area (Å²) in [5.74, 6) is -0.719. The molecular formula is C16H10ClF4N3O. The first-order chi connectivity index (χ1) is 11.8. The number of aromatic nitrogens is 3. The molecular weight excluding hydrogens is 362 g/mol. The molecule has 4 rings (SSSR count). The average molecular weight is 372 g/mol. The molecule has 0 spiro atoms. The summed E-state index contributed by atoms with van der Waals surface area (Å²) in [6, 6.07) is 7.40. The van der Waals surface area contributed by atoms with Crippen molar-refractivity contribution in [1.29, 1.82) is 0 Å². The summed E-state index contributed by atoms with van der Waals surface area (Å²) in [5, 5.41) is 4.02. The second kappa shape index (κ2) is 5.59. The Bertz CT molecular complexity index is 939. The van der Waals surface area contributed by atoms with Crippen molar-refractivity contribution in [3.8, 4) is 5.75 Å². The molecule has 1 saturated carbocycles. The van der Waals surface area contributed by atoms with E-state index in [1.165, 1.54) is 12.1 Å². The summed E-state index contributed by atoms with van der Waals surface area (Å²) in [7, 11) is 0. The lowest BCUT2D eigenvalue weighted by molar-refractivity contribution is -0.274. The van der Waals surface area contributed by atoms with Gasteiger partial charge in [0.25, 0.3) is 0 Å². The Balaban J connectivity index is 1.58. The SMILES string of the molecule is Fc1cnc2c([C@@H]3C[C@@H]3c3ccc(OC(F)(F)F)cc3)cc(Cl)nn12. The van der Waals surface area contributed by atoms with Crippen molar-refractivity contribution in [3.05, 3.63) is 58.8 Å². The molecule has 1 aliphatic rings. The summed E-state index contributed by atoms with van der Waals surface area (Å²) in [6.07, 6.45) is -2.87. The van der Waals surface area contributed by atoms with E-state index in [0.717, 1.165) is 28.3 Å². The molecule has 0 amide bonds. The minimum atomic E-state index is -4.71. The lowest BCUT2D eigenvalue weighted by Gasteiger charge is -2.09. The molecule has 130 valence electrons. The zero-order valence-electron chi connectivity index (χ0n) is 12.5. The number of hydrogen-bond acceptors (Lipinski definition) is 3. The standard InChI is InChI=1S/C16H10ClF4N3O/c17-13-6-12(15-22-7-14(18)24(15)23-13)11-5-10(11)8-1-3-9(4-2-8)25-16(19,20)21/h1-4,6-7,10-11H,5H2/t10-,11-/m1/s1. The van der Waals surface area contributed by atoms with Crippen molar-refractivity contribution < 1.29 is 22.3 Å². The van der Waals surface area contributed by atoms with Gasteiger partial charge < -0.3 is 4.74 Å². The molecule has 2 atom stereocenters. The molecule has 1 aromatic carbocycles. The van der Waals surface area contributed by atoms with Crippen LogP contribution < -0.4 is 4.74 Å². The van der Waals surface area contributed by atoms with Crippen LogP contribution in [0.5, 0.6) is 5.75 Å². The van der Waals surface area contributed by atoms with Gasteiger partial charge in [0.1, 0.15) is 5.75 Å². The normalized spacial score (nSPS) is 20.0. The molecule has 0 saturated heterocycles. The lowest BCUT2D eigenvalue weighted by Crippen LogP contribution is -2.16. The third-order valence-corrected chi connectivity index (χ3v) is 4.34. The van der Waals surface area contributed by atoms with Crippen LogP contribution in [0.2, 0.25) is 5.15 Å². The number of benzene rings is 1. The minimum Gasteiger partial charge on any atom is -0.406 e. The summed E-state index contributed by atoms with van der Waals surface area (Å²) in [5.41, 5.74) is 2.04. The van der Waals surface area contributed by atoms with E-state index in [2.05, 4.69) is 14.8 Å². The molecule has 1 fully saturated rings. The van der Waals surface area contributed by atoms with Crippen LogP contribution in [-0.4, -0.2) is 21.0 Å². The van der Waals surface area contributed by atoms with E-state index in [0.29, 0.717) is 5.65 Å². The monoisotopic (exact) mass is 371 g/mol. The van der Waals surface area contributed by atoms with E-state index in [9.17, 15) is 17.6 Å². The second-order valence-electron chi connectivity index (χ2n) is 5.80. The van der Waals surface area contributed by atoms with Crippen LogP contribution in [0, 0.1) is 5.95 Å². The Hall–Kier alpha value is -2.35. The van der Waals surface area contributed by atoms with Gasteiger partial charge in [0.2, 0.25) is 5.95 Å². The van der Waals surface area contributed by atoms with Crippen LogP contribution in [0.1, 0.15) is 29.4 Å². The van der Waals surface area contributed by atoms with E-state index in [1.807, 2.05) is 0 Å². The van der Waals surface area contributed by atoms with Gasteiger partial charge in [-0.2, -0.15) is 14.0 Å². The van der Waals surface area contributed by atoms with E-state index >= 15 is 0 Å². The van der Waals surface area contributed by atoms with Crippen molar-refractivity contribution in [2.75, 3.05) is 0 Å². The molecule has 3 aromatic rings. The number of fused-ring (bicyclic) bond motifs is 1. The van der Waals surface area contributed by atoms with E-state index < -0.39 is 12.3 Å². The molecule has 4 nitrogen and oxygen atoms in total. The van der Waals surface area contributed by atoms with Crippen LogP contribution >= 0.6 is 11.6 Å². The number of halogens is 5. The summed E-state index contributed by atoms with van der Waals surface area (Å²) in [4.78, 5) is 4.02. The lowest BCUT2D eigenvalue weighted by atomic mass is 10.1. The van der Waals surface area contributed by atoms with Gasteiger partial charge in [-0.1, -0.05) is 23.7 Å². The molecule has 0 N–H and O–H groups in total. The van der Waals surface area contributed by atoms with Gasteiger partial charge in [-0.05, 0) is 42.0 Å². The molecule has 0 unspecified atom stereocenters. The van der Waals surface area contributed by atoms with Crippen LogP contribution in [0.4, 0.5) is 17.6 Å². The third-order valence-electron chi connectivity index (χ3n) is 4.16. The quantitative estimate of drug-likeness (QED) is 0.627. The van der Waals surface area contributed by atoms with Gasteiger partial charge >= 0.3 is 6.36 Å². The number of ether oxygens (including phenoxy) is 1. The van der Waals surface area contributed by atoms with Crippen LogP contribution in [0.25, 0.3) is 5.65 Å². The Morgan fingerprint density at radius 3 is 2.56 bits per heavy atom. The molecule has 0 radical (unpaired) electrons. The first kappa shape index (κ1) is 16.1. The van der Waals surface area contributed by atoms with Crippen molar-refractivity contribution in [3.63, 3.8) is 0 Å². The fourth-order valence-electron chi connectivity index (χ4n) is 3.03. The van der Waals surface area contributed by atoms with Crippen molar-refractivity contribution >= 4 is 17.2 Å². The largest absolute Gasteiger partial charge is 0.573 e. The first-order valence-corrected chi connectivity index (χ1v) is 7.75. The molecule has 25 heavy (non-hydrogen) atoms. The smallest absolute Gasteiger partial charge is 0.406 e. The van der Waals surface area contributed by atoms with Gasteiger partial charge in [0, 0.05) is 5.56 Å². The maximum atomic E-state index is 13.7. The summed E-state index contributed by atoms with van der Waals surface area (Å²) < 4.78 is 55.2. The Labute approximate surface area is 144 Å². The highest BCUT2D eigenvalue weighted by Gasteiger charge is 2.41. The van der Waals surface area contributed by atoms with Crippen molar-refractivity contribution in [2.45, 2.75) is 24.6 Å². The number of hydrogen-bond donors (Lipinski definition) is 0. The summed E-state index contributed by atoms with van der Waals surface area (Å²) >= 11 is 5.95. The second-order valence-corrected chi connectivity index (χ2v) is 6.19. The van der Waals surface area contributed by atoms with Crippen molar-refractivity contribution in [1.82, 2.24) is 14.6 Å². The third kappa shape index (κ3) is 3.13. The predicted octanol–water partition coefficient (Wildman–Crippen LogP) is 4.69. The van der Waals surface area contributed by atoms with Gasteiger partial charge in [-0.3, -0.25) is 0 Å². The Morgan fingerprint density at radius 2 is 1.88 bits per heavy atom. The highest BCUT2D eigenvalue weighted by atomic mass is 35.5. The Morgan fingerprint density at radius 1 is 1.16 bits per heavy atom. The van der Waals surface area contributed by atoms with Gasteiger partial charge in [0.05, 0.1) is 6.20 Å². The maximum absolute atomic E-state index is 13.7. The predicted molar refractivity (Wildman–Crippen MR) is 81.2 cm³/mol.